The molecule has 0 saturated carbocycles. The number of halogens is 3. The number of benzene rings is 1. The Kier molecular flexibility index (Phi) is 4.66. The zero-order valence-corrected chi connectivity index (χ0v) is 14.3. The van der Waals surface area contributed by atoms with Gasteiger partial charge in [0.2, 0.25) is 0 Å². The van der Waals surface area contributed by atoms with E-state index in [-0.39, 0.29) is 18.7 Å². The maximum Gasteiger partial charge on any atom is 0.139 e. The van der Waals surface area contributed by atoms with E-state index in [1.54, 1.807) is 18.3 Å². The van der Waals surface area contributed by atoms with Crippen LogP contribution >= 0.6 is 0 Å². The Morgan fingerprint density at radius 2 is 2.04 bits per heavy atom. The third-order valence-corrected chi connectivity index (χ3v) is 4.44. The molecule has 2 aromatic heterocycles. The number of aromatic amines is 1. The molecule has 4 rings (SSSR count). The molecule has 0 amide bonds. The molecule has 1 atom stereocenters. The molecule has 1 aromatic carbocycles. The van der Waals surface area contributed by atoms with Gasteiger partial charge in [0.05, 0.1) is 6.54 Å². The smallest absolute Gasteiger partial charge is 0.139 e. The minimum absolute atomic E-state index is 0.135. The Bertz CT molecular complexity index is 1070. The second-order valence-electron chi connectivity index (χ2n) is 6.42. The van der Waals surface area contributed by atoms with Crippen molar-refractivity contribution in [2.24, 2.45) is 4.99 Å². The van der Waals surface area contributed by atoms with Crippen LogP contribution in [0.15, 0.2) is 47.7 Å². The highest BCUT2D eigenvalue weighted by molar-refractivity contribution is 5.40. The molecule has 0 spiro atoms. The zero-order chi connectivity index (χ0) is 18.8. The fraction of sp³-hybridized carbons (Fsp3) is 0.200. The molecule has 138 valence electrons. The highest BCUT2D eigenvalue weighted by Gasteiger charge is 2.11. The summed E-state index contributed by atoms with van der Waals surface area (Å²) in [6.07, 6.45) is 4.67. The molecule has 0 bridgehead atoms. The lowest BCUT2D eigenvalue weighted by atomic mass is 10.1. The van der Waals surface area contributed by atoms with Crippen LogP contribution < -0.4 is 16.0 Å². The van der Waals surface area contributed by atoms with E-state index in [1.165, 1.54) is 0 Å². The van der Waals surface area contributed by atoms with Gasteiger partial charge < -0.3 is 10.3 Å². The summed E-state index contributed by atoms with van der Waals surface area (Å²) in [6, 6.07) is 7.01. The summed E-state index contributed by atoms with van der Waals surface area (Å²) in [5.74, 6) is -0.389. The molecule has 3 heterocycles. The normalized spacial score (nSPS) is 15.6. The van der Waals surface area contributed by atoms with Crippen LogP contribution in [0.3, 0.4) is 0 Å². The van der Waals surface area contributed by atoms with E-state index >= 15 is 0 Å². The Balaban J connectivity index is 1.45. The van der Waals surface area contributed by atoms with Gasteiger partial charge in [-0.25, -0.2) is 18.2 Å². The first-order valence-corrected chi connectivity index (χ1v) is 8.58. The van der Waals surface area contributed by atoms with Crippen molar-refractivity contribution in [3.63, 3.8) is 0 Å². The number of pyridine rings is 1. The fourth-order valence-electron chi connectivity index (χ4n) is 3.06. The first-order valence-electron chi connectivity index (χ1n) is 8.58. The Morgan fingerprint density at radius 1 is 1.15 bits per heavy atom. The summed E-state index contributed by atoms with van der Waals surface area (Å²) in [4.78, 5) is 11.5. The summed E-state index contributed by atoms with van der Waals surface area (Å²) in [5.41, 5.74) is 2.86. The van der Waals surface area contributed by atoms with Crippen molar-refractivity contribution in [2.45, 2.75) is 19.1 Å². The minimum atomic E-state index is -1.06. The lowest BCUT2D eigenvalue weighted by Gasteiger charge is -2.08. The molecular weight excluding hydrogens is 353 g/mol. The fourth-order valence-corrected chi connectivity index (χ4v) is 3.06. The third kappa shape index (κ3) is 3.86. The van der Waals surface area contributed by atoms with Crippen molar-refractivity contribution < 1.29 is 13.2 Å². The maximum absolute atomic E-state index is 13.6. The number of alkyl halides is 1. The Morgan fingerprint density at radius 3 is 2.85 bits per heavy atom. The molecule has 4 nitrogen and oxygen atoms in total. The number of hydrogen-bond donors (Lipinski definition) is 2. The molecule has 7 heteroatoms. The molecule has 3 aromatic rings. The van der Waals surface area contributed by atoms with Crippen molar-refractivity contribution >= 4 is 11.9 Å². The van der Waals surface area contributed by atoms with Gasteiger partial charge in [-0.2, -0.15) is 0 Å². The van der Waals surface area contributed by atoms with Gasteiger partial charge in [0.25, 0.3) is 0 Å². The Hall–Kier alpha value is -3.09. The topological polar surface area (TPSA) is 53.1 Å². The second kappa shape index (κ2) is 7.26. The van der Waals surface area contributed by atoms with E-state index in [4.69, 9.17) is 0 Å². The summed E-state index contributed by atoms with van der Waals surface area (Å²) in [6.45, 7) is 0.288. The molecule has 27 heavy (non-hydrogen) atoms. The largest absolute Gasteiger partial charge is 0.366 e. The van der Waals surface area contributed by atoms with Crippen LogP contribution in [0.25, 0.3) is 6.08 Å². The number of nitrogens with one attached hydrogen (secondary N) is 2. The van der Waals surface area contributed by atoms with Crippen LogP contribution in [-0.4, -0.2) is 22.7 Å². The molecule has 0 aliphatic carbocycles. The predicted molar refractivity (Wildman–Crippen MR) is 96.5 cm³/mol. The van der Waals surface area contributed by atoms with E-state index in [2.05, 4.69) is 20.3 Å². The van der Waals surface area contributed by atoms with Crippen molar-refractivity contribution in [2.75, 3.05) is 11.9 Å². The van der Waals surface area contributed by atoms with Crippen LogP contribution in [0.4, 0.5) is 19.0 Å². The van der Waals surface area contributed by atoms with Gasteiger partial charge in [-0.1, -0.05) is 6.07 Å². The van der Waals surface area contributed by atoms with E-state index in [0.717, 1.165) is 34.5 Å². The number of nitrogens with zero attached hydrogens (tertiary/aromatic N) is 2. The summed E-state index contributed by atoms with van der Waals surface area (Å²) in [7, 11) is 0. The molecule has 2 N–H and O–H groups in total. The first-order chi connectivity index (χ1) is 13.1. The van der Waals surface area contributed by atoms with Crippen LogP contribution in [0, 0.1) is 11.6 Å². The summed E-state index contributed by atoms with van der Waals surface area (Å²) < 4.78 is 40.4. The molecule has 1 unspecified atom stereocenters. The average Bonchev–Trinajstić information content (AvgIpc) is 3.05. The number of fused-ring (bicyclic) bond motifs is 1. The predicted octanol–water partition coefficient (Wildman–Crippen LogP) is 2.64. The van der Waals surface area contributed by atoms with Gasteiger partial charge in [0.15, 0.2) is 0 Å². The highest BCUT2D eigenvalue weighted by atomic mass is 19.1. The maximum atomic E-state index is 13.6. The van der Waals surface area contributed by atoms with Crippen LogP contribution in [-0.2, 0) is 13.0 Å². The van der Waals surface area contributed by atoms with Gasteiger partial charge in [-0.3, -0.25) is 4.99 Å². The molecule has 0 radical (unpaired) electrons. The number of H-pyrrole nitrogens is 1. The van der Waals surface area contributed by atoms with Crippen molar-refractivity contribution in [1.82, 2.24) is 9.97 Å². The lowest BCUT2D eigenvalue weighted by molar-refractivity contribution is 0.421. The minimum Gasteiger partial charge on any atom is -0.366 e. The zero-order valence-electron chi connectivity index (χ0n) is 14.3. The van der Waals surface area contributed by atoms with Gasteiger partial charge in [0, 0.05) is 36.1 Å². The van der Waals surface area contributed by atoms with E-state index in [1.807, 2.05) is 12.3 Å². The van der Waals surface area contributed by atoms with Gasteiger partial charge in [0.1, 0.15) is 29.1 Å². The molecule has 1 aliphatic rings. The number of aromatic nitrogens is 2. The second-order valence-corrected chi connectivity index (χ2v) is 6.42. The monoisotopic (exact) mass is 370 g/mol. The standard InChI is InChI=1S/C20H17F3N4/c21-15-2-3-18(23)14(6-15)10-25-19-4-1-12(8-24-19)5-13-9-26-20-17(13)7-16(22)11-27-20/h1-4,6-9,16H,5,10-11H2,(H,24,25)(H,26,27). The Labute approximate surface area is 153 Å². The molecule has 1 aliphatic heterocycles. The van der Waals surface area contributed by atoms with Crippen LogP contribution in [0.2, 0.25) is 0 Å². The van der Waals surface area contributed by atoms with Crippen molar-refractivity contribution in [1.29, 1.82) is 0 Å². The van der Waals surface area contributed by atoms with Crippen molar-refractivity contribution in [3.8, 4) is 0 Å². The number of anilines is 1. The van der Waals surface area contributed by atoms with Gasteiger partial charge >= 0.3 is 0 Å². The highest BCUT2D eigenvalue weighted by Crippen LogP contribution is 2.13. The number of rotatable bonds is 5. The SMILES string of the molecule is Fc1ccc(F)c(CNc2ccc(Cc3c[nH]c4c3=CC(F)CN=4)cn2)c1. The quantitative estimate of drug-likeness (QED) is 0.726. The van der Waals surface area contributed by atoms with Gasteiger partial charge in [-0.05, 0) is 41.5 Å². The van der Waals surface area contributed by atoms with Crippen LogP contribution in [0.5, 0.6) is 0 Å². The average molecular weight is 370 g/mol. The summed E-state index contributed by atoms with van der Waals surface area (Å²) in [5, 5.41) is 3.78. The third-order valence-electron chi connectivity index (χ3n) is 4.44. The van der Waals surface area contributed by atoms with E-state index in [0.29, 0.717) is 17.7 Å². The van der Waals surface area contributed by atoms with Crippen molar-refractivity contribution in [3.05, 3.63) is 81.8 Å². The molecular formula is C20H17F3N4. The molecule has 0 saturated heterocycles. The van der Waals surface area contributed by atoms with E-state index in [9.17, 15) is 13.2 Å². The van der Waals surface area contributed by atoms with Gasteiger partial charge in [-0.15, -0.1) is 0 Å². The van der Waals surface area contributed by atoms with Crippen LogP contribution in [0.1, 0.15) is 16.7 Å². The number of hydrogen-bond acceptors (Lipinski definition) is 3. The summed E-state index contributed by atoms with van der Waals surface area (Å²) >= 11 is 0. The first kappa shape index (κ1) is 17.3. The molecule has 0 fully saturated rings. The lowest BCUT2D eigenvalue weighted by Crippen LogP contribution is -2.32. The van der Waals surface area contributed by atoms with E-state index < -0.39 is 17.8 Å².